The summed E-state index contributed by atoms with van der Waals surface area (Å²) < 4.78 is 5.00. The molecule has 0 spiro atoms. The summed E-state index contributed by atoms with van der Waals surface area (Å²) in [6.45, 7) is 2.20. The van der Waals surface area contributed by atoms with Crippen molar-refractivity contribution >= 4 is 5.91 Å². The Morgan fingerprint density at radius 1 is 1.30 bits per heavy atom. The summed E-state index contributed by atoms with van der Waals surface area (Å²) in [7, 11) is 1.67. The summed E-state index contributed by atoms with van der Waals surface area (Å²) in [5.41, 5.74) is 8.71. The molecule has 1 aromatic carbocycles. The standard InChI is InChI=1S/C16H24N2O2/c1-20-12-4-7-15(17)16(19)18-10-8-13-5-2-3-6-14(13)9-11-18/h2-3,5-6,15H,4,7-12,17H2,1H3. The van der Waals surface area contributed by atoms with Crippen LogP contribution in [0.4, 0.5) is 0 Å². The molecule has 1 atom stereocenters. The van der Waals surface area contributed by atoms with E-state index < -0.39 is 6.04 Å². The molecule has 1 aromatic rings. The fourth-order valence-electron chi connectivity index (χ4n) is 2.69. The fraction of sp³-hybridized carbons (Fsp3) is 0.562. The molecule has 1 aliphatic rings. The van der Waals surface area contributed by atoms with Crippen molar-refractivity contribution in [3.8, 4) is 0 Å². The Kier molecular flexibility index (Phi) is 5.56. The summed E-state index contributed by atoms with van der Waals surface area (Å²) in [5, 5.41) is 0. The number of carbonyl (C=O) groups is 1. The van der Waals surface area contributed by atoms with Gasteiger partial charge in [-0.25, -0.2) is 0 Å². The number of amides is 1. The zero-order chi connectivity index (χ0) is 14.4. The van der Waals surface area contributed by atoms with E-state index in [0.717, 1.165) is 32.4 Å². The zero-order valence-electron chi connectivity index (χ0n) is 12.2. The van der Waals surface area contributed by atoms with Crippen molar-refractivity contribution in [2.24, 2.45) is 5.73 Å². The molecule has 1 heterocycles. The van der Waals surface area contributed by atoms with E-state index in [9.17, 15) is 4.79 Å². The second-order valence-corrected chi connectivity index (χ2v) is 5.34. The molecular formula is C16H24N2O2. The average Bonchev–Trinajstić information content (AvgIpc) is 2.69. The number of rotatable bonds is 5. The quantitative estimate of drug-likeness (QED) is 0.826. The molecule has 0 radical (unpaired) electrons. The van der Waals surface area contributed by atoms with Crippen LogP contribution in [-0.4, -0.2) is 43.7 Å². The number of methoxy groups -OCH3 is 1. The maximum absolute atomic E-state index is 12.4. The number of hydrogen-bond acceptors (Lipinski definition) is 3. The van der Waals surface area contributed by atoms with Crippen LogP contribution >= 0.6 is 0 Å². The minimum absolute atomic E-state index is 0.0777. The van der Waals surface area contributed by atoms with Crippen LogP contribution < -0.4 is 5.73 Å². The predicted molar refractivity (Wildman–Crippen MR) is 79.5 cm³/mol. The monoisotopic (exact) mass is 276 g/mol. The molecule has 0 aromatic heterocycles. The number of ether oxygens (including phenoxy) is 1. The van der Waals surface area contributed by atoms with Crippen molar-refractivity contribution in [2.75, 3.05) is 26.8 Å². The Bertz CT molecular complexity index is 421. The maximum Gasteiger partial charge on any atom is 0.239 e. The summed E-state index contributed by atoms with van der Waals surface area (Å²) in [4.78, 5) is 14.3. The van der Waals surface area contributed by atoms with Gasteiger partial charge in [-0.05, 0) is 36.8 Å². The van der Waals surface area contributed by atoms with Gasteiger partial charge in [0, 0.05) is 26.8 Å². The van der Waals surface area contributed by atoms with Gasteiger partial charge in [0.1, 0.15) is 0 Å². The Balaban J connectivity index is 1.89. The molecule has 0 saturated carbocycles. The maximum atomic E-state index is 12.4. The third kappa shape index (κ3) is 3.81. The van der Waals surface area contributed by atoms with Crippen molar-refractivity contribution in [3.05, 3.63) is 35.4 Å². The molecule has 110 valence electrons. The van der Waals surface area contributed by atoms with Gasteiger partial charge < -0.3 is 15.4 Å². The van der Waals surface area contributed by atoms with Gasteiger partial charge in [0.05, 0.1) is 6.04 Å². The van der Waals surface area contributed by atoms with Gasteiger partial charge >= 0.3 is 0 Å². The summed E-state index contributed by atoms with van der Waals surface area (Å²) in [6, 6.07) is 8.04. The molecule has 4 nitrogen and oxygen atoms in total. The van der Waals surface area contributed by atoms with Gasteiger partial charge in [0.15, 0.2) is 0 Å². The number of hydrogen-bond donors (Lipinski definition) is 1. The lowest BCUT2D eigenvalue weighted by Crippen LogP contribution is -2.44. The van der Waals surface area contributed by atoms with Crippen molar-refractivity contribution in [1.29, 1.82) is 0 Å². The molecule has 0 aliphatic carbocycles. The van der Waals surface area contributed by atoms with Crippen LogP contribution in [0.15, 0.2) is 24.3 Å². The Morgan fingerprint density at radius 2 is 1.90 bits per heavy atom. The fourth-order valence-corrected chi connectivity index (χ4v) is 2.69. The molecule has 2 rings (SSSR count). The van der Waals surface area contributed by atoms with E-state index in [1.807, 2.05) is 4.90 Å². The third-order valence-electron chi connectivity index (χ3n) is 3.91. The summed E-state index contributed by atoms with van der Waals surface area (Å²) >= 11 is 0. The second kappa shape index (κ2) is 7.41. The van der Waals surface area contributed by atoms with Crippen molar-refractivity contribution in [3.63, 3.8) is 0 Å². The van der Waals surface area contributed by atoms with E-state index in [1.165, 1.54) is 11.1 Å². The van der Waals surface area contributed by atoms with E-state index in [0.29, 0.717) is 13.0 Å². The van der Waals surface area contributed by atoms with E-state index in [2.05, 4.69) is 24.3 Å². The topological polar surface area (TPSA) is 55.6 Å². The molecule has 0 bridgehead atoms. The van der Waals surface area contributed by atoms with Gasteiger partial charge in [0.2, 0.25) is 5.91 Å². The smallest absolute Gasteiger partial charge is 0.239 e. The first-order valence-corrected chi connectivity index (χ1v) is 7.32. The highest BCUT2D eigenvalue weighted by molar-refractivity contribution is 5.81. The first-order chi connectivity index (χ1) is 9.72. The molecule has 20 heavy (non-hydrogen) atoms. The van der Waals surface area contributed by atoms with Gasteiger partial charge in [-0.15, -0.1) is 0 Å². The molecular weight excluding hydrogens is 252 g/mol. The van der Waals surface area contributed by atoms with Crippen molar-refractivity contribution in [1.82, 2.24) is 4.90 Å². The molecule has 0 fully saturated rings. The minimum Gasteiger partial charge on any atom is -0.385 e. The van der Waals surface area contributed by atoms with Crippen molar-refractivity contribution < 1.29 is 9.53 Å². The van der Waals surface area contributed by atoms with Crippen LogP contribution in [0.5, 0.6) is 0 Å². The normalized spacial score (nSPS) is 16.4. The highest BCUT2D eigenvalue weighted by Crippen LogP contribution is 2.16. The van der Waals surface area contributed by atoms with Crippen LogP contribution in [0.3, 0.4) is 0 Å². The first-order valence-electron chi connectivity index (χ1n) is 7.32. The lowest BCUT2D eigenvalue weighted by Gasteiger charge is -2.24. The van der Waals surface area contributed by atoms with Gasteiger partial charge in [0.25, 0.3) is 0 Å². The molecule has 4 heteroatoms. The average molecular weight is 276 g/mol. The number of nitrogens with zero attached hydrogens (tertiary/aromatic N) is 1. The largest absolute Gasteiger partial charge is 0.385 e. The second-order valence-electron chi connectivity index (χ2n) is 5.34. The van der Waals surface area contributed by atoms with E-state index >= 15 is 0 Å². The summed E-state index contributed by atoms with van der Waals surface area (Å²) in [6.07, 6.45) is 3.37. The van der Waals surface area contributed by atoms with Gasteiger partial charge in [-0.2, -0.15) is 0 Å². The van der Waals surface area contributed by atoms with E-state index in [4.69, 9.17) is 10.5 Å². The number of carbonyl (C=O) groups excluding carboxylic acids is 1. The first kappa shape index (κ1) is 15.0. The number of benzene rings is 1. The number of nitrogens with two attached hydrogens (primary N) is 1. The molecule has 0 saturated heterocycles. The molecule has 1 unspecified atom stereocenters. The van der Waals surface area contributed by atoms with E-state index in [1.54, 1.807) is 7.11 Å². The highest BCUT2D eigenvalue weighted by atomic mass is 16.5. The van der Waals surface area contributed by atoms with Gasteiger partial charge in [-0.3, -0.25) is 4.79 Å². The van der Waals surface area contributed by atoms with Crippen molar-refractivity contribution in [2.45, 2.75) is 31.7 Å². The number of fused-ring (bicyclic) bond motifs is 1. The Labute approximate surface area is 120 Å². The lowest BCUT2D eigenvalue weighted by atomic mass is 10.0. The van der Waals surface area contributed by atoms with Crippen LogP contribution in [0.1, 0.15) is 24.0 Å². The third-order valence-corrected chi connectivity index (χ3v) is 3.91. The highest BCUT2D eigenvalue weighted by Gasteiger charge is 2.22. The van der Waals surface area contributed by atoms with Gasteiger partial charge in [-0.1, -0.05) is 24.3 Å². The molecule has 1 aliphatic heterocycles. The minimum atomic E-state index is -0.397. The van der Waals surface area contributed by atoms with Crippen LogP contribution in [0, 0.1) is 0 Å². The summed E-state index contributed by atoms with van der Waals surface area (Å²) in [5.74, 6) is 0.0777. The van der Waals surface area contributed by atoms with Crippen LogP contribution in [0.25, 0.3) is 0 Å². The Hall–Kier alpha value is -1.39. The Morgan fingerprint density at radius 3 is 2.45 bits per heavy atom. The zero-order valence-corrected chi connectivity index (χ0v) is 12.2. The van der Waals surface area contributed by atoms with Crippen LogP contribution in [0.2, 0.25) is 0 Å². The van der Waals surface area contributed by atoms with Crippen LogP contribution in [-0.2, 0) is 22.4 Å². The SMILES string of the molecule is COCCCC(N)C(=O)N1CCc2ccccc2CC1. The molecule has 1 amide bonds. The predicted octanol–water partition coefficient (Wildman–Crippen LogP) is 1.37. The molecule has 2 N–H and O–H groups in total. The lowest BCUT2D eigenvalue weighted by molar-refractivity contribution is -0.132. The van der Waals surface area contributed by atoms with E-state index in [-0.39, 0.29) is 5.91 Å².